The summed E-state index contributed by atoms with van der Waals surface area (Å²) in [5.74, 6) is 5.38. The number of hydrogen-bond acceptors (Lipinski definition) is 24. The zero-order valence-corrected chi connectivity index (χ0v) is 87.3. The van der Waals surface area contributed by atoms with Crippen LogP contribution in [0, 0.1) is 99.4 Å². The van der Waals surface area contributed by atoms with Crippen LogP contribution in [0.3, 0.4) is 0 Å². The van der Waals surface area contributed by atoms with E-state index in [0.29, 0.717) is 110 Å². The van der Waals surface area contributed by atoms with Crippen LogP contribution < -0.4 is 56.8 Å². The number of aryl methyl sites for hydroxylation is 13. The number of benzene rings is 12. The van der Waals surface area contributed by atoms with Gasteiger partial charge in [0.1, 0.15) is 114 Å². The average Bonchev–Trinajstić information content (AvgIpc) is 0.837. The van der Waals surface area contributed by atoms with Crippen LogP contribution in [-0.2, 0) is 68.1 Å². The Balaban J connectivity index is 0.000000224. The molecule has 0 aromatic heterocycles. The Bertz CT molecular complexity index is 5530. The van der Waals surface area contributed by atoms with Crippen LogP contribution in [0.1, 0.15) is 106 Å². The standard InChI is InChI=1S/C18H19ClO4.C17H16BrClO4.C17H16Cl2O4.C17H16ClFO4.C17H16ClIO4.C17H17ClO4/c1-11-6-5-7-16(23-18(20)21-4)14(11)10-22-17-9-15(19)12(2)8-13(17)3;2*1-10-7-11(2)16(8-14(10)19)22-9-12-13(18)5-4-6-15(12)23-17(20)21-3;2*1-10-7-11(2)16(8-13(10)18)22-9-12-14(19)5-4-6-15(12)23-17(20)21-3;1-11-8-12(2)16(9-14(11)18)21-10-13-6-4-5-7-15(13)22-17(19)20-3/h5-9H,10H2,1-4H3;4*4-8H,9H2,1-3H3;4-9H,10H2,1-3H3. The second-order valence-corrected chi connectivity index (χ2v) is 34.7. The maximum absolute atomic E-state index is 14.0. The highest BCUT2D eigenvalue weighted by Crippen LogP contribution is 2.39. The number of para-hydroxylation sites is 1. The summed E-state index contributed by atoms with van der Waals surface area (Å²) in [7, 11) is 7.47. The van der Waals surface area contributed by atoms with E-state index in [9.17, 15) is 33.2 Å². The zero-order chi connectivity index (χ0) is 101. The molecule has 137 heavy (non-hydrogen) atoms. The third-order valence-electron chi connectivity index (χ3n) is 19.8. The summed E-state index contributed by atoms with van der Waals surface area (Å²) in [4.78, 5) is 67.8. The van der Waals surface area contributed by atoms with Gasteiger partial charge in [0, 0.05) is 60.4 Å². The number of carbonyl (C=O) groups excluding carboxylic acids is 6. The second-order valence-electron chi connectivity index (χ2n) is 29.8. The summed E-state index contributed by atoms with van der Waals surface area (Å²) in [6.45, 7) is 26.1. The second kappa shape index (κ2) is 55.6. The largest absolute Gasteiger partial charge is 0.513 e. The number of carbonyl (C=O) groups is 6. The number of methoxy groups -OCH3 is 6. The molecule has 0 aliphatic rings. The van der Waals surface area contributed by atoms with Crippen LogP contribution in [0.5, 0.6) is 69.0 Å². The molecule has 0 saturated carbocycles. The maximum atomic E-state index is 14.0. The summed E-state index contributed by atoms with van der Waals surface area (Å²) in [5.41, 5.74) is 16.3. The topological polar surface area (TPSA) is 269 Å². The molecule has 12 aromatic carbocycles. The fourth-order valence-corrected chi connectivity index (χ4v) is 14.5. The van der Waals surface area contributed by atoms with Gasteiger partial charge in [-0.3, -0.25) is 0 Å². The first-order valence-electron chi connectivity index (χ1n) is 41.3. The lowest BCUT2D eigenvalue weighted by molar-refractivity contribution is 0.119. The molecule has 12 rings (SSSR count). The highest BCUT2D eigenvalue weighted by Gasteiger charge is 2.23. The Morgan fingerprint density at radius 1 is 0.248 bits per heavy atom. The number of rotatable bonds is 24. The molecular weight excluding hydrogens is 2100 g/mol. The monoisotopic (exact) mass is 2190 g/mol. The molecule has 0 unspecified atom stereocenters. The Morgan fingerprint density at radius 3 is 0.854 bits per heavy atom. The summed E-state index contributed by atoms with van der Waals surface area (Å²) in [5, 5.41) is 4.22. The summed E-state index contributed by atoms with van der Waals surface area (Å²) >= 11 is 48.6. The van der Waals surface area contributed by atoms with Gasteiger partial charge in [-0.15, -0.1) is 0 Å². The highest BCUT2D eigenvalue weighted by atomic mass is 127. The molecular formula is C103H100BrCl7FIO24. The fourth-order valence-electron chi connectivity index (χ4n) is 12.2. The summed E-state index contributed by atoms with van der Waals surface area (Å²) < 4.78 is 108. The third-order valence-corrected chi connectivity index (χ3v) is 24.3. The van der Waals surface area contributed by atoms with E-state index < -0.39 is 42.7 Å². The Hall–Kier alpha value is -11.8. The van der Waals surface area contributed by atoms with Gasteiger partial charge in [-0.1, -0.05) is 188 Å². The summed E-state index contributed by atoms with van der Waals surface area (Å²) in [6.07, 6.45) is -4.80. The molecule has 0 saturated heterocycles. The van der Waals surface area contributed by atoms with E-state index in [4.69, 9.17) is 138 Å². The first-order valence-corrected chi connectivity index (χ1v) is 45.8. The van der Waals surface area contributed by atoms with E-state index in [0.717, 1.165) is 97.1 Å². The van der Waals surface area contributed by atoms with E-state index in [1.54, 1.807) is 97.1 Å². The van der Waals surface area contributed by atoms with Crippen LogP contribution in [0.2, 0.25) is 35.2 Å². The first-order chi connectivity index (χ1) is 65.1. The molecule has 0 radical (unpaired) electrons. The molecule has 0 bridgehead atoms. The van der Waals surface area contributed by atoms with E-state index >= 15 is 0 Å². The number of halogens is 10. The molecule has 0 amide bonds. The molecule has 34 heteroatoms. The van der Waals surface area contributed by atoms with Crippen molar-refractivity contribution in [3.63, 3.8) is 0 Å². The Labute approximate surface area is 852 Å². The predicted octanol–water partition coefficient (Wildman–Crippen LogP) is 30.6. The van der Waals surface area contributed by atoms with Gasteiger partial charge >= 0.3 is 36.9 Å². The maximum Gasteiger partial charge on any atom is 0.513 e. The third kappa shape index (κ3) is 34.7. The molecule has 24 nitrogen and oxygen atoms in total. The van der Waals surface area contributed by atoms with Crippen molar-refractivity contribution < 1.29 is 118 Å². The van der Waals surface area contributed by atoms with Crippen molar-refractivity contribution in [3.8, 4) is 69.0 Å². The molecule has 0 aliphatic carbocycles. The fraction of sp³-hybridized carbons (Fsp3) is 0.243. The van der Waals surface area contributed by atoms with Crippen LogP contribution in [0.15, 0.2) is 193 Å². The van der Waals surface area contributed by atoms with Gasteiger partial charge in [-0.2, -0.15) is 0 Å². The highest BCUT2D eigenvalue weighted by molar-refractivity contribution is 14.1. The van der Waals surface area contributed by atoms with Gasteiger partial charge in [-0.25, -0.2) is 33.2 Å². The van der Waals surface area contributed by atoms with Crippen molar-refractivity contribution in [2.24, 2.45) is 0 Å². The minimum atomic E-state index is -0.925. The number of ether oxygens (including phenoxy) is 18. The molecule has 0 atom stereocenters. The van der Waals surface area contributed by atoms with Crippen LogP contribution in [0.4, 0.5) is 33.2 Å². The van der Waals surface area contributed by atoms with E-state index in [-0.39, 0.29) is 51.0 Å². The molecule has 12 aromatic rings. The minimum Gasteiger partial charge on any atom is -0.488 e. The van der Waals surface area contributed by atoms with Crippen molar-refractivity contribution in [2.75, 3.05) is 42.7 Å². The van der Waals surface area contributed by atoms with Crippen molar-refractivity contribution in [3.05, 3.63) is 343 Å². The lowest BCUT2D eigenvalue weighted by Crippen LogP contribution is -2.11. The van der Waals surface area contributed by atoms with Gasteiger partial charge < -0.3 is 85.3 Å². The van der Waals surface area contributed by atoms with E-state index in [1.165, 1.54) is 60.9 Å². The van der Waals surface area contributed by atoms with Gasteiger partial charge in [-0.05, 0) is 282 Å². The molecule has 0 N–H and O–H groups in total. The van der Waals surface area contributed by atoms with E-state index in [2.05, 4.69) is 66.9 Å². The van der Waals surface area contributed by atoms with Crippen LogP contribution >= 0.6 is 120 Å². The van der Waals surface area contributed by atoms with E-state index in [1.807, 2.05) is 163 Å². The quantitative estimate of drug-likeness (QED) is 0.0235. The molecule has 0 aliphatic heterocycles. The normalized spacial score (nSPS) is 10.3. The minimum absolute atomic E-state index is 0.0488. The van der Waals surface area contributed by atoms with Gasteiger partial charge in [0.15, 0.2) is 0 Å². The molecule has 726 valence electrons. The lowest BCUT2D eigenvalue weighted by atomic mass is 10.1. The zero-order valence-electron chi connectivity index (χ0n) is 78.2. The Kier molecular flexibility index (Phi) is 45.5. The van der Waals surface area contributed by atoms with Gasteiger partial charge in [0.2, 0.25) is 0 Å². The van der Waals surface area contributed by atoms with Crippen LogP contribution in [-0.4, -0.2) is 79.6 Å². The van der Waals surface area contributed by atoms with Crippen molar-refractivity contribution in [2.45, 2.75) is 130 Å². The van der Waals surface area contributed by atoms with Crippen molar-refractivity contribution >= 4 is 157 Å². The Morgan fingerprint density at radius 2 is 0.496 bits per heavy atom. The van der Waals surface area contributed by atoms with Crippen molar-refractivity contribution in [1.82, 2.24) is 0 Å². The van der Waals surface area contributed by atoms with Gasteiger partial charge in [0.05, 0.1) is 58.8 Å². The number of hydrogen-bond donors (Lipinski definition) is 0. The van der Waals surface area contributed by atoms with Gasteiger partial charge in [0.25, 0.3) is 0 Å². The van der Waals surface area contributed by atoms with Crippen molar-refractivity contribution in [1.29, 1.82) is 0 Å². The molecule has 0 fully saturated rings. The SMILES string of the molecule is COC(=O)Oc1cccc(Br)c1COc1cc(Cl)c(C)cc1C.COC(=O)Oc1cccc(C)c1COc1cc(Cl)c(C)cc1C.COC(=O)Oc1cccc(Cl)c1COc1cc(Cl)c(C)cc1C.COC(=O)Oc1cccc(F)c1COc1cc(Cl)c(C)cc1C.COC(=O)Oc1cccc(I)c1COc1cc(Cl)c(C)cc1C.COC(=O)Oc1ccccc1COc1cc(Cl)c(C)cc1C. The first kappa shape index (κ1) is 112. The average molecular weight is 2200 g/mol. The molecule has 0 heterocycles. The molecule has 0 spiro atoms. The summed E-state index contributed by atoms with van der Waals surface area (Å²) in [6, 6.07) is 54.7. The van der Waals surface area contributed by atoms with Crippen LogP contribution in [0.25, 0.3) is 0 Å². The predicted molar refractivity (Wildman–Crippen MR) is 539 cm³/mol. The lowest BCUT2D eigenvalue weighted by Gasteiger charge is -2.15. The smallest absolute Gasteiger partial charge is 0.488 e.